The summed E-state index contributed by atoms with van der Waals surface area (Å²) in [5.74, 6) is 1.16. The fourth-order valence-corrected chi connectivity index (χ4v) is 5.39. The van der Waals surface area contributed by atoms with E-state index in [1.54, 1.807) is 7.11 Å². The highest BCUT2D eigenvalue weighted by atomic mass is 79.9. The lowest BCUT2D eigenvalue weighted by Gasteiger charge is -2.17. The summed E-state index contributed by atoms with van der Waals surface area (Å²) in [7, 11) is 1.71. The number of fused-ring (bicyclic) bond motifs is 1. The van der Waals surface area contributed by atoms with Crippen LogP contribution in [0.4, 0.5) is 0 Å². The van der Waals surface area contributed by atoms with Gasteiger partial charge in [-0.2, -0.15) is 5.10 Å². The molecule has 4 rings (SSSR count). The second kappa shape index (κ2) is 12.9. The van der Waals surface area contributed by atoms with Gasteiger partial charge in [0.25, 0.3) is 0 Å². The average Bonchev–Trinajstić information content (AvgIpc) is 3.56. The molecule has 0 amide bonds. The number of methoxy groups -OCH3 is 1. The molecule has 2 aromatic carbocycles. The first-order valence-electron chi connectivity index (χ1n) is 13.2. The molecule has 1 aliphatic rings. The Morgan fingerprint density at radius 3 is 2.71 bits per heavy atom. The number of rotatable bonds is 11. The Kier molecular flexibility index (Phi) is 9.35. The topological polar surface area (TPSA) is 50.9 Å². The minimum atomic E-state index is 0.263. The van der Waals surface area contributed by atoms with Gasteiger partial charge in [0.05, 0.1) is 19.0 Å². The third kappa shape index (κ3) is 6.33. The fraction of sp³-hybridized carbons (Fsp3) is 0.273. The van der Waals surface area contributed by atoms with Crippen LogP contribution in [0.2, 0.25) is 0 Å². The Labute approximate surface area is 235 Å². The predicted molar refractivity (Wildman–Crippen MR) is 164 cm³/mol. The van der Waals surface area contributed by atoms with Crippen LogP contribution in [0.1, 0.15) is 73.9 Å². The molecule has 3 aromatic rings. The zero-order valence-electron chi connectivity index (χ0n) is 22.7. The van der Waals surface area contributed by atoms with Crippen molar-refractivity contribution in [3.8, 4) is 5.75 Å². The summed E-state index contributed by atoms with van der Waals surface area (Å²) in [5, 5.41) is 13.3. The van der Waals surface area contributed by atoms with E-state index in [2.05, 4.69) is 77.8 Å². The van der Waals surface area contributed by atoms with E-state index in [1.807, 2.05) is 47.6 Å². The third-order valence-electron chi connectivity index (χ3n) is 7.10. The normalized spacial score (nSPS) is 14.5. The molecule has 1 unspecified atom stereocenters. The van der Waals surface area contributed by atoms with E-state index in [0.717, 1.165) is 47.4 Å². The van der Waals surface area contributed by atoms with Crippen LogP contribution in [0.5, 0.6) is 5.75 Å². The van der Waals surface area contributed by atoms with Crippen molar-refractivity contribution in [2.75, 3.05) is 7.11 Å². The number of aromatic nitrogens is 2. The maximum atomic E-state index is 8.50. The Morgan fingerprint density at radius 1 is 1.21 bits per heavy atom. The summed E-state index contributed by atoms with van der Waals surface area (Å²) in [4.78, 5) is 1.97. The standard InChI is InChI=1S/C33H36BrN3O/c1-5-29(21-34)37-33(31(22-36-37)23(2)14-17-32(35)26-12-7-6-8-13-26)24(3)10-9-11-25-18-27-15-16-30(38-4)20-28(27)19-25/h6-9,11-16,19-22,24,35H,5,10,17-18H2,1-4H3/b11-9?,23-14+,29-21?,35-32?. The number of benzene rings is 2. The first kappa shape index (κ1) is 27.6. The number of allylic oxidation sites excluding steroid dienone is 6. The summed E-state index contributed by atoms with van der Waals surface area (Å²) >= 11 is 3.54. The van der Waals surface area contributed by atoms with E-state index in [-0.39, 0.29) is 5.92 Å². The lowest BCUT2D eigenvalue weighted by Crippen LogP contribution is -2.08. The Morgan fingerprint density at radius 2 is 2.00 bits per heavy atom. The van der Waals surface area contributed by atoms with E-state index in [1.165, 1.54) is 22.4 Å². The molecule has 4 nitrogen and oxygen atoms in total. The first-order chi connectivity index (χ1) is 18.4. The van der Waals surface area contributed by atoms with Gasteiger partial charge in [-0.25, -0.2) is 4.68 Å². The first-order valence-corrected chi connectivity index (χ1v) is 14.1. The molecule has 1 N–H and O–H groups in total. The molecule has 0 saturated heterocycles. The van der Waals surface area contributed by atoms with Gasteiger partial charge in [-0.15, -0.1) is 0 Å². The summed E-state index contributed by atoms with van der Waals surface area (Å²) in [5.41, 5.74) is 10.1. The smallest absolute Gasteiger partial charge is 0.119 e. The van der Waals surface area contributed by atoms with Crippen molar-refractivity contribution in [3.63, 3.8) is 0 Å². The van der Waals surface area contributed by atoms with Gasteiger partial charge in [-0.1, -0.05) is 90.5 Å². The number of nitrogens with zero attached hydrogens (tertiary/aromatic N) is 2. The Hall–Kier alpha value is -3.44. The van der Waals surface area contributed by atoms with Crippen molar-refractivity contribution >= 4 is 39.0 Å². The van der Waals surface area contributed by atoms with Crippen LogP contribution in [0.25, 0.3) is 17.3 Å². The van der Waals surface area contributed by atoms with Crippen molar-refractivity contribution in [2.45, 2.75) is 52.4 Å². The lowest BCUT2D eigenvalue weighted by molar-refractivity contribution is 0.414. The molecule has 0 spiro atoms. The third-order valence-corrected chi connectivity index (χ3v) is 7.63. The molecule has 5 heteroatoms. The highest BCUT2D eigenvalue weighted by molar-refractivity contribution is 9.11. The average molecular weight is 571 g/mol. The Bertz CT molecular complexity index is 1410. The molecular weight excluding hydrogens is 534 g/mol. The van der Waals surface area contributed by atoms with Crippen molar-refractivity contribution in [3.05, 3.63) is 111 Å². The van der Waals surface area contributed by atoms with Crippen molar-refractivity contribution < 1.29 is 4.74 Å². The summed E-state index contributed by atoms with van der Waals surface area (Å²) in [6.07, 6.45) is 14.2. The summed E-state index contributed by atoms with van der Waals surface area (Å²) < 4.78 is 7.46. The molecular formula is C33H36BrN3O. The molecule has 1 aromatic heterocycles. The van der Waals surface area contributed by atoms with Gasteiger partial charge in [-0.3, -0.25) is 0 Å². The maximum absolute atomic E-state index is 8.50. The lowest BCUT2D eigenvalue weighted by atomic mass is 9.94. The molecule has 38 heavy (non-hydrogen) atoms. The largest absolute Gasteiger partial charge is 0.497 e. The highest BCUT2D eigenvalue weighted by Gasteiger charge is 2.20. The number of hydrogen-bond acceptors (Lipinski definition) is 3. The van der Waals surface area contributed by atoms with Crippen molar-refractivity contribution in [2.24, 2.45) is 0 Å². The molecule has 0 saturated carbocycles. The number of halogens is 1. The molecule has 196 valence electrons. The quantitative estimate of drug-likeness (QED) is 0.234. The van der Waals surface area contributed by atoms with Crippen molar-refractivity contribution in [1.29, 1.82) is 5.41 Å². The van der Waals surface area contributed by atoms with Crippen LogP contribution >= 0.6 is 15.9 Å². The number of ether oxygens (including phenoxy) is 1. The highest BCUT2D eigenvalue weighted by Crippen LogP contribution is 2.33. The predicted octanol–water partition coefficient (Wildman–Crippen LogP) is 9.05. The minimum absolute atomic E-state index is 0.263. The second-order valence-electron chi connectivity index (χ2n) is 9.75. The SMILES string of the molecule is CCC(=CBr)n1ncc(/C(C)=C/CC(=N)c2ccccc2)c1C(C)CC=CC1=Cc2cc(OC)ccc2C1. The van der Waals surface area contributed by atoms with Gasteiger partial charge in [-0.05, 0) is 66.2 Å². The molecule has 0 bridgehead atoms. The van der Waals surface area contributed by atoms with Gasteiger partial charge in [0, 0.05) is 34.3 Å². The fourth-order valence-electron chi connectivity index (χ4n) is 4.87. The maximum Gasteiger partial charge on any atom is 0.119 e. The minimum Gasteiger partial charge on any atom is -0.497 e. The molecule has 1 heterocycles. The zero-order valence-corrected chi connectivity index (χ0v) is 24.3. The second-order valence-corrected chi connectivity index (χ2v) is 10.2. The van der Waals surface area contributed by atoms with E-state index < -0.39 is 0 Å². The van der Waals surface area contributed by atoms with Crippen LogP contribution in [0, 0.1) is 5.41 Å². The molecule has 1 aliphatic carbocycles. The van der Waals surface area contributed by atoms with Gasteiger partial charge in [0.2, 0.25) is 0 Å². The van der Waals surface area contributed by atoms with Crippen LogP contribution in [0.15, 0.2) is 83.5 Å². The van der Waals surface area contributed by atoms with Crippen LogP contribution in [-0.2, 0) is 6.42 Å². The van der Waals surface area contributed by atoms with E-state index in [4.69, 9.17) is 15.2 Å². The monoisotopic (exact) mass is 569 g/mol. The number of hydrogen-bond donors (Lipinski definition) is 1. The Balaban J connectivity index is 1.53. The van der Waals surface area contributed by atoms with Crippen LogP contribution < -0.4 is 4.74 Å². The van der Waals surface area contributed by atoms with E-state index >= 15 is 0 Å². The van der Waals surface area contributed by atoms with Gasteiger partial charge in [0.15, 0.2) is 0 Å². The molecule has 1 atom stereocenters. The molecule has 0 aliphatic heterocycles. The van der Waals surface area contributed by atoms with Gasteiger partial charge < -0.3 is 10.1 Å². The van der Waals surface area contributed by atoms with Gasteiger partial charge in [0.1, 0.15) is 5.75 Å². The zero-order chi connectivity index (χ0) is 27.1. The molecule has 0 radical (unpaired) electrons. The van der Waals surface area contributed by atoms with Crippen LogP contribution in [0.3, 0.4) is 0 Å². The summed E-state index contributed by atoms with van der Waals surface area (Å²) in [6.45, 7) is 6.54. The van der Waals surface area contributed by atoms with E-state index in [0.29, 0.717) is 12.1 Å². The van der Waals surface area contributed by atoms with E-state index in [9.17, 15) is 0 Å². The summed E-state index contributed by atoms with van der Waals surface area (Å²) in [6, 6.07) is 16.2. The van der Waals surface area contributed by atoms with Crippen LogP contribution in [-0.4, -0.2) is 22.6 Å². The number of nitrogens with one attached hydrogen (secondary N) is 1. The molecule has 0 fully saturated rings. The van der Waals surface area contributed by atoms with Crippen molar-refractivity contribution in [1.82, 2.24) is 9.78 Å². The van der Waals surface area contributed by atoms with Gasteiger partial charge >= 0.3 is 0 Å².